The van der Waals surface area contributed by atoms with Crippen LogP contribution >= 0.6 is 11.6 Å². The monoisotopic (exact) mass is 435 g/mol. The number of ether oxygens (including phenoxy) is 1. The van der Waals surface area contributed by atoms with Gasteiger partial charge in [0.25, 0.3) is 5.91 Å². The van der Waals surface area contributed by atoms with E-state index in [4.69, 9.17) is 22.1 Å². The summed E-state index contributed by atoms with van der Waals surface area (Å²) in [4.78, 5) is 20.1. The third kappa shape index (κ3) is 4.57. The highest BCUT2D eigenvalue weighted by Gasteiger charge is 2.12. The molecular formula is C23H22ClN5O2. The molecule has 0 aliphatic carbocycles. The fourth-order valence-electron chi connectivity index (χ4n) is 2.93. The van der Waals surface area contributed by atoms with Crippen molar-refractivity contribution in [2.75, 3.05) is 0 Å². The molecule has 0 aliphatic heterocycles. The topological polar surface area (TPSA) is 95.9 Å². The van der Waals surface area contributed by atoms with Crippen LogP contribution in [0.5, 0.6) is 11.5 Å². The van der Waals surface area contributed by atoms with Gasteiger partial charge in [-0.2, -0.15) is 5.10 Å². The summed E-state index contributed by atoms with van der Waals surface area (Å²) in [6, 6.07) is 12.3. The molecule has 8 heteroatoms. The van der Waals surface area contributed by atoms with Gasteiger partial charge in [0, 0.05) is 12.6 Å². The minimum absolute atomic E-state index is 0.130. The Morgan fingerprint density at radius 3 is 2.52 bits per heavy atom. The number of aromatic nitrogens is 4. The van der Waals surface area contributed by atoms with Gasteiger partial charge in [0.2, 0.25) is 0 Å². The molecule has 0 radical (unpaired) electrons. The molecule has 2 aromatic carbocycles. The first-order chi connectivity index (χ1) is 15.0. The van der Waals surface area contributed by atoms with Crippen LogP contribution in [0.15, 0.2) is 55.2 Å². The van der Waals surface area contributed by atoms with Crippen molar-refractivity contribution in [3.05, 3.63) is 71.7 Å². The van der Waals surface area contributed by atoms with Crippen LogP contribution in [0.3, 0.4) is 0 Å². The quantitative estimate of drug-likeness (QED) is 0.462. The van der Waals surface area contributed by atoms with Gasteiger partial charge in [-0.15, -0.1) is 0 Å². The molecule has 4 aromatic rings. The summed E-state index contributed by atoms with van der Waals surface area (Å²) in [6.07, 6.45) is 3.25. The second-order valence-corrected chi connectivity index (χ2v) is 6.68. The Bertz CT molecular complexity index is 1250. The Morgan fingerprint density at radius 2 is 1.87 bits per heavy atom. The van der Waals surface area contributed by atoms with E-state index in [1.165, 1.54) is 12.1 Å². The largest absolute Gasteiger partial charge is 0.457 e. The number of rotatable bonds is 5. The van der Waals surface area contributed by atoms with Crippen molar-refractivity contribution in [3.8, 4) is 22.9 Å². The molecule has 158 valence electrons. The van der Waals surface area contributed by atoms with Crippen LogP contribution in [-0.4, -0.2) is 25.7 Å². The second-order valence-electron chi connectivity index (χ2n) is 6.27. The van der Waals surface area contributed by atoms with Gasteiger partial charge in [0.05, 0.1) is 27.8 Å². The molecule has 2 heterocycles. The average Bonchev–Trinajstić information content (AvgIpc) is 3.20. The number of hydrogen-bond acceptors (Lipinski definition) is 5. The van der Waals surface area contributed by atoms with Crippen molar-refractivity contribution in [2.24, 2.45) is 12.8 Å². The number of fused-ring (bicyclic) bond motifs is 1. The van der Waals surface area contributed by atoms with E-state index in [1.54, 1.807) is 47.3 Å². The second kappa shape index (κ2) is 9.40. The van der Waals surface area contributed by atoms with Gasteiger partial charge in [-0.1, -0.05) is 32.0 Å². The Morgan fingerprint density at radius 1 is 1.16 bits per heavy atom. The zero-order chi connectivity index (χ0) is 22.5. The Hall–Kier alpha value is -3.71. The Balaban J connectivity index is 0.00000132. The van der Waals surface area contributed by atoms with E-state index >= 15 is 0 Å². The first-order valence-corrected chi connectivity index (χ1v) is 10.0. The summed E-state index contributed by atoms with van der Waals surface area (Å²) >= 11 is 6.26. The fourth-order valence-corrected chi connectivity index (χ4v) is 3.22. The van der Waals surface area contributed by atoms with Gasteiger partial charge in [-0.3, -0.25) is 9.48 Å². The maximum absolute atomic E-state index is 11.5. The van der Waals surface area contributed by atoms with Gasteiger partial charge < -0.3 is 10.5 Å². The molecular weight excluding hydrogens is 414 g/mol. The van der Waals surface area contributed by atoms with Gasteiger partial charge in [0.1, 0.15) is 17.2 Å². The number of aryl methyl sites for hydroxylation is 1. The molecule has 0 saturated heterocycles. The molecule has 0 atom stereocenters. The van der Waals surface area contributed by atoms with E-state index < -0.39 is 5.91 Å². The molecule has 4 rings (SSSR count). The summed E-state index contributed by atoms with van der Waals surface area (Å²) in [5.41, 5.74) is 7.51. The van der Waals surface area contributed by atoms with Gasteiger partial charge in [-0.25, -0.2) is 9.97 Å². The summed E-state index contributed by atoms with van der Waals surface area (Å²) in [5, 5.41) is 5.66. The van der Waals surface area contributed by atoms with Crippen LogP contribution in [0.4, 0.5) is 0 Å². The van der Waals surface area contributed by atoms with Gasteiger partial charge in [-0.05, 0) is 48.5 Å². The number of benzene rings is 2. The Kier molecular flexibility index (Phi) is 6.67. The van der Waals surface area contributed by atoms with Crippen LogP contribution in [-0.2, 0) is 7.05 Å². The maximum atomic E-state index is 11.5. The molecule has 31 heavy (non-hydrogen) atoms. The van der Waals surface area contributed by atoms with Crippen molar-refractivity contribution in [1.29, 1.82) is 0 Å². The number of carbonyl (C=O) groups is 1. The highest BCUT2D eigenvalue weighted by Crippen LogP contribution is 2.34. The van der Waals surface area contributed by atoms with E-state index in [0.717, 1.165) is 10.9 Å². The highest BCUT2D eigenvalue weighted by atomic mass is 35.5. The van der Waals surface area contributed by atoms with Crippen molar-refractivity contribution >= 4 is 34.5 Å². The molecule has 0 aliphatic rings. The van der Waals surface area contributed by atoms with Crippen molar-refractivity contribution in [2.45, 2.75) is 13.8 Å². The molecule has 1 amide bonds. The van der Waals surface area contributed by atoms with Crippen molar-refractivity contribution in [1.82, 2.24) is 19.7 Å². The van der Waals surface area contributed by atoms with E-state index in [2.05, 4.69) is 21.6 Å². The smallest absolute Gasteiger partial charge is 0.267 e. The first-order valence-electron chi connectivity index (χ1n) is 9.66. The number of halogens is 1. The summed E-state index contributed by atoms with van der Waals surface area (Å²) in [7, 11) is 1.82. The highest BCUT2D eigenvalue weighted by molar-refractivity contribution is 6.35. The van der Waals surface area contributed by atoms with E-state index in [1.807, 2.05) is 20.9 Å². The zero-order valence-corrected chi connectivity index (χ0v) is 18.2. The Labute approximate surface area is 185 Å². The first kappa shape index (κ1) is 22.0. The van der Waals surface area contributed by atoms with E-state index in [9.17, 15) is 4.79 Å². The van der Waals surface area contributed by atoms with Gasteiger partial charge in [0.15, 0.2) is 5.82 Å². The van der Waals surface area contributed by atoms with Crippen LogP contribution < -0.4 is 10.5 Å². The molecule has 0 saturated carbocycles. The van der Waals surface area contributed by atoms with E-state index in [0.29, 0.717) is 33.6 Å². The van der Waals surface area contributed by atoms with Crippen LogP contribution in [0.25, 0.3) is 28.4 Å². The van der Waals surface area contributed by atoms with Crippen LogP contribution in [0.2, 0.25) is 5.02 Å². The van der Waals surface area contributed by atoms with E-state index in [-0.39, 0.29) is 5.69 Å². The predicted molar refractivity (Wildman–Crippen MR) is 123 cm³/mol. The number of carbonyl (C=O) groups excluding carboxylic acids is 1. The van der Waals surface area contributed by atoms with Crippen LogP contribution in [0, 0.1) is 0 Å². The zero-order valence-electron chi connectivity index (χ0n) is 17.5. The lowest BCUT2D eigenvalue weighted by molar-refractivity contribution is 0.0995. The van der Waals surface area contributed by atoms with Crippen molar-refractivity contribution in [3.63, 3.8) is 0 Å². The lowest BCUT2D eigenvalue weighted by atomic mass is 10.2. The standard InChI is InChI=1S/C21H16ClN5O2.C2H6/c1-3-13-10-17(20(23)28)26-21(25-13)12-4-6-14(7-5-12)29-18-9-8-16(22)19-15(18)11-24-27(19)2;1-2/h3-11H,1H2,2H3,(H2,23,28);1-2H3. The van der Waals surface area contributed by atoms with Gasteiger partial charge >= 0.3 is 0 Å². The summed E-state index contributed by atoms with van der Waals surface area (Å²) in [6.45, 7) is 7.68. The minimum atomic E-state index is -0.625. The summed E-state index contributed by atoms with van der Waals surface area (Å²) in [5.74, 6) is 1.02. The average molecular weight is 436 g/mol. The normalized spacial score (nSPS) is 10.3. The molecule has 2 N–H and O–H groups in total. The SMILES string of the molecule is C=Cc1cc(C(N)=O)nc(-c2ccc(Oc3ccc(Cl)c4c3cnn4C)cc2)n1.CC. The number of hydrogen-bond donors (Lipinski definition) is 1. The maximum Gasteiger partial charge on any atom is 0.267 e. The third-order valence-corrected chi connectivity index (χ3v) is 4.66. The fraction of sp³-hybridized carbons (Fsp3) is 0.130. The minimum Gasteiger partial charge on any atom is -0.457 e. The number of nitrogens with two attached hydrogens (primary N) is 1. The molecule has 0 unspecified atom stereocenters. The summed E-state index contributed by atoms with van der Waals surface area (Å²) < 4.78 is 7.72. The third-order valence-electron chi connectivity index (χ3n) is 4.36. The lowest BCUT2D eigenvalue weighted by Gasteiger charge is -2.09. The van der Waals surface area contributed by atoms with Crippen molar-refractivity contribution < 1.29 is 9.53 Å². The number of primary amides is 1. The van der Waals surface area contributed by atoms with Crippen LogP contribution in [0.1, 0.15) is 30.0 Å². The lowest BCUT2D eigenvalue weighted by Crippen LogP contribution is -2.14. The predicted octanol–water partition coefficient (Wildman–Crippen LogP) is 5.24. The number of amides is 1. The number of nitrogens with zero attached hydrogens (tertiary/aromatic N) is 4. The molecule has 0 bridgehead atoms. The molecule has 0 fully saturated rings. The molecule has 7 nitrogen and oxygen atoms in total. The molecule has 0 spiro atoms. The molecule has 2 aromatic heterocycles.